The average molecular weight is 267 g/mol. The Morgan fingerprint density at radius 3 is 2.11 bits per heavy atom. The zero-order valence-electron chi connectivity index (χ0n) is 12.5. The predicted molar refractivity (Wildman–Crippen MR) is 77.9 cm³/mol. The third-order valence-corrected chi connectivity index (χ3v) is 2.25. The minimum absolute atomic E-state index is 0.587. The Morgan fingerprint density at radius 2 is 1.79 bits per heavy atom. The first-order valence-corrected chi connectivity index (χ1v) is 6.18. The van der Waals surface area contributed by atoms with Crippen molar-refractivity contribution in [2.45, 2.75) is 51.9 Å². The third-order valence-electron chi connectivity index (χ3n) is 2.25. The molecule has 108 valence electrons. The highest BCUT2D eigenvalue weighted by molar-refractivity contribution is 5.69. The molecule has 1 amide bonds. The summed E-state index contributed by atoms with van der Waals surface area (Å²) in [5.74, 6) is 0. The quantitative estimate of drug-likeness (QED) is 0.753. The Hall–Kier alpha value is -1.55. The fourth-order valence-corrected chi connectivity index (χ4v) is 1.51. The van der Waals surface area contributed by atoms with Gasteiger partial charge in [0.05, 0.1) is 11.6 Å². The van der Waals surface area contributed by atoms with Gasteiger partial charge in [0.1, 0.15) is 5.60 Å². The average Bonchev–Trinajstić information content (AvgIpc) is 2.19. The van der Waals surface area contributed by atoms with Crippen molar-refractivity contribution in [3.8, 4) is 0 Å². The molecule has 1 atom stereocenters. The summed E-state index contributed by atoms with van der Waals surface area (Å²) in [7, 11) is 0. The van der Waals surface area contributed by atoms with Gasteiger partial charge in [-0.2, -0.15) is 0 Å². The number of nitrogens with one attached hydrogen (secondary N) is 1. The second-order valence-corrected chi connectivity index (χ2v) is 5.84. The fourth-order valence-electron chi connectivity index (χ4n) is 1.51. The van der Waals surface area contributed by atoms with E-state index in [1.54, 1.807) is 52.8 Å². The van der Waals surface area contributed by atoms with E-state index in [9.17, 15) is 9.90 Å². The van der Waals surface area contributed by atoms with E-state index >= 15 is 0 Å². The number of ether oxygens (including phenoxy) is 1. The van der Waals surface area contributed by atoms with Crippen molar-refractivity contribution in [2.24, 2.45) is 0 Å². The van der Waals surface area contributed by atoms with Gasteiger partial charge < -0.3 is 15.2 Å². The van der Waals surface area contributed by atoms with E-state index in [4.69, 9.17) is 4.74 Å². The van der Waals surface area contributed by atoms with Gasteiger partial charge in [-0.25, -0.2) is 4.79 Å². The van der Waals surface area contributed by atoms with Crippen LogP contribution < -0.4 is 5.32 Å². The molecule has 0 radical (unpaired) electrons. The summed E-state index contributed by atoms with van der Waals surface area (Å²) >= 11 is 0. The highest BCUT2D eigenvalue weighted by atomic mass is 16.6. The van der Waals surface area contributed by atoms with Gasteiger partial charge in [0.2, 0.25) is 0 Å². The minimum atomic E-state index is -1.15. The lowest BCUT2D eigenvalue weighted by Crippen LogP contribution is -2.51. The lowest BCUT2D eigenvalue weighted by molar-refractivity contribution is 0.0256. The fraction of sp³-hybridized carbons (Fsp3) is 0.533. The first-order chi connectivity index (χ1) is 8.51. The Bertz CT molecular complexity index is 370. The van der Waals surface area contributed by atoms with Gasteiger partial charge in [-0.05, 0) is 40.2 Å². The number of hydrogen-bond donors (Lipinski definition) is 2. The summed E-state index contributed by atoms with van der Waals surface area (Å²) in [4.78, 5) is 11.8. The lowest BCUT2D eigenvalue weighted by Gasteiger charge is -2.32. The number of rotatable bonds is 5. The van der Waals surface area contributed by atoms with Crippen molar-refractivity contribution in [1.29, 1.82) is 0 Å². The van der Waals surface area contributed by atoms with Crippen LogP contribution in [0.1, 0.15) is 34.6 Å². The summed E-state index contributed by atoms with van der Waals surface area (Å²) in [5, 5.41) is 12.8. The maximum atomic E-state index is 11.8. The summed E-state index contributed by atoms with van der Waals surface area (Å²) < 4.78 is 5.19. The Morgan fingerprint density at radius 1 is 1.26 bits per heavy atom. The lowest BCUT2D eigenvalue weighted by atomic mass is 9.91. The standard InChI is InChI=1S/C15H25NO3/c1-8-10-11(9-2)12(15(6,7)18)16-13(17)19-14(3,4)5/h8-10,12,18H,1-2H2,3-7H3,(H,16,17)/b11-10+. The van der Waals surface area contributed by atoms with E-state index in [2.05, 4.69) is 18.5 Å². The van der Waals surface area contributed by atoms with Crippen LogP contribution in [0.2, 0.25) is 0 Å². The van der Waals surface area contributed by atoms with Gasteiger partial charge in [0.25, 0.3) is 0 Å². The van der Waals surface area contributed by atoms with Crippen molar-refractivity contribution in [3.05, 3.63) is 37.0 Å². The second kappa shape index (κ2) is 6.57. The smallest absolute Gasteiger partial charge is 0.408 e. The van der Waals surface area contributed by atoms with Crippen LogP contribution in [0.4, 0.5) is 4.79 Å². The van der Waals surface area contributed by atoms with Crippen LogP contribution in [0.15, 0.2) is 37.0 Å². The van der Waals surface area contributed by atoms with E-state index in [1.165, 1.54) is 0 Å². The van der Waals surface area contributed by atoms with Gasteiger partial charge in [-0.15, -0.1) is 0 Å². The Kier molecular flexibility index (Phi) is 6.03. The molecule has 2 N–H and O–H groups in total. The van der Waals surface area contributed by atoms with Crippen molar-refractivity contribution < 1.29 is 14.6 Å². The van der Waals surface area contributed by atoms with Crippen LogP contribution in [-0.4, -0.2) is 28.4 Å². The summed E-state index contributed by atoms with van der Waals surface area (Å²) in [5.41, 5.74) is -1.08. The summed E-state index contributed by atoms with van der Waals surface area (Å²) in [6.07, 6.45) is 4.25. The number of aliphatic hydroxyl groups is 1. The van der Waals surface area contributed by atoms with E-state index in [0.29, 0.717) is 5.57 Å². The second-order valence-electron chi connectivity index (χ2n) is 5.84. The largest absolute Gasteiger partial charge is 0.444 e. The molecule has 0 heterocycles. The molecule has 0 aromatic heterocycles. The first kappa shape index (κ1) is 17.4. The number of allylic oxidation sites excluding steroid dienone is 2. The molecule has 0 aliphatic heterocycles. The van der Waals surface area contributed by atoms with Gasteiger partial charge in [0.15, 0.2) is 0 Å². The topological polar surface area (TPSA) is 58.6 Å². The predicted octanol–water partition coefficient (Wildman–Crippen LogP) is 2.95. The van der Waals surface area contributed by atoms with Crippen molar-refractivity contribution in [2.75, 3.05) is 0 Å². The van der Waals surface area contributed by atoms with E-state index in [-0.39, 0.29) is 0 Å². The van der Waals surface area contributed by atoms with Gasteiger partial charge >= 0.3 is 6.09 Å². The molecule has 0 aliphatic rings. The van der Waals surface area contributed by atoms with Crippen LogP contribution in [0.25, 0.3) is 0 Å². The molecule has 0 aliphatic carbocycles. The molecule has 4 nitrogen and oxygen atoms in total. The van der Waals surface area contributed by atoms with Crippen LogP contribution >= 0.6 is 0 Å². The maximum Gasteiger partial charge on any atom is 0.408 e. The molecule has 0 bridgehead atoms. The van der Waals surface area contributed by atoms with Crippen molar-refractivity contribution >= 4 is 6.09 Å². The number of carbonyl (C=O) groups is 1. The molecule has 4 heteroatoms. The van der Waals surface area contributed by atoms with E-state index in [1.807, 2.05) is 0 Å². The Labute approximate surface area is 115 Å². The van der Waals surface area contributed by atoms with Gasteiger partial charge in [-0.1, -0.05) is 31.4 Å². The highest BCUT2D eigenvalue weighted by Crippen LogP contribution is 2.19. The molecular formula is C15H25NO3. The van der Waals surface area contributed by atoms with E-state index in [0.717, 1.165) is 0 Å². The van der Waals surface area contributed by atoms with Crippen LogP contribution in [0.5, 0.6) is 0 Å². The number of alkyl carbamates (subject to hydrolysis) is 1. The molecule has 0 saturated carbocycles. The van der Waals surface area contributed by atoms with E-state index < -0.39 is 23.3 Å². The SMILES string of the molecule is C=C/C=C(\C=C)C(NC(=O)OC(C)(C)C)C(C)(C)O. The zero-order valence-corrected chi connectivity index (χ0v) is 12.5. The van der Waals surface area contributed by atoms with Crippen LogP contribution in [0, 0.1) is 0 Å². The molecule has 0 saturated heterocycles. The molecule has 0 spiro atoms. The number of amides is 1. The summed E-state index contributed by atoms with van der Waals surface area (Å²) in [6.45, 7) is 15.8. The highest BCUT2D eigenvalue weighted by Gasteiger charge is 2.31. The molecule has 0 aromatic carbocycles. The molecule has 0 aromatic rings. The monoisotopic (exact) mass is 267 g/mol. The number of carbonyl (C=O) groups excluding carboxylic acids is 1. The molecule has 0 fully saturated rings. The maximum absolute atomic E-state index is 11.8. The summed E-state index contributed by atoms with van der Waals surface area (Å²) in [6, 6.07) is -0.627. The van der Waals surface area contributed by atoms with Gasteiger partial charge in [0, 0.05) is 0 Å². The number of hydrogen-bond acceptors (Lipinski definition) is 3. The van der Waals surface area contributed by atoms with Crippen LogP contribution in [-0.2, 0) is 4.74 Å². The zero-order chi connectivity index (χ0) is 15.3. The first-order valence-electron chi connectivity index (χ1n) is 6.18. The molecule has 0 rings (SSSR count). The molecular weight excluding hydrogens is 242 g/mol. The van der Waals surface area contributed by atoms with Crippen LogP contribution in [0.3, 0.4) is 0 Å². The Balaban J connectivity index is 5.10. The normalized spacial score (nSPS) is 14.5. The molecule has 19 heavy (non-hydrogen) atoms. The van der Waals surface area contributed by atoms with Gasteiger partial charge in [-0.3, -0.25) is 0 Å². The van der Waals surface area contributed by atoms with Crippen molar-refractivity contribution in [3.63, 3.8) is 0 Å². The van der Waals surface area contributed by atoms with Crippen molar-refractivity contribution in [1.82, 2.24) is 5.32 Å². The third kappa shape index (κ3) is 6.82. The minimum Gasteiger partial charge on any atom is -0.444 e. The molecule has 1 unspecified atom stereocenters.